The molecular weight excluding hydrogens is 384 g/mol. The maximum atomic E-state index is 13.1. The van der Waals surface area contributed by atoms with E-state index < -0.39 is 15.4 Å². The summed E-state index contributed by atoms with van der Waals surface area (Å²) in [5.41, 5.74) is 0.452. The highest BCUT2D eigenvalue weighted by Gasteiger charge is 2.49. The van der Waals surface area contributed by atoms with Gasteiger partial charge >= 0.3 is 0 Å². The zero-order valence-electron chi connectivity index (χ0n) is 14.8. The Morgan fingerprint density at radius 3 is 2.11 bits per heavy atom. The normalized spacial score (nSPS) is 20.3. The van der Waals surface area contributed by atoms with Crippen molar-refractivity contribution in [1.82, 2.24) is 4.31 Å². The molecule has 142 valence electrons. The zero-order chi connectivity index (χ0) is 19.1. The molecule has 2 aliphatic rings. The van der Waals surface area contributed by atoms with Gasteiger partial charge < -0.3 is 4.90 Å². The monoisotopic (exact) mass is 404 g/mol. The number of benzene rings is 2. The first kappa shape index (κ1) is 18.5. The average molecular weight is 405 g/mol. The SMILES string of the molecule is O=C1N(c2ccccc2)CCC12CCN(S(=O)(=O)c1ccccc1Cl)CC2. The standard InChI is InChI=1S/C20H21ClN2O3S/c21-17-8-4-5-9-18(17)27(25,26)22-13-10-20(11-14-22)12-15-23(19(20)24)16-6-2-1-3-7-16/h1-9H,10-15H2. The second-order valence-electron chi connectivity index (χ2n) is 7.16. The molecule has 1 amide bonds. The Balaban J connectivity index is 1.51. The van der Waals surface area contributed by atoms with E-state index in [4.69, 9.17) is 11.6 Å². The van der Waals surface area contributed by atoms with E-state index in [2.05, 4.69) is 0 Å². The van der Waals surface area contributed by atoms with Crippen LogP contribution in [0.1, 0.15) is 19.3 Å². The molecule has 2 heterocycles. The summed E-state index contributed by atoms with van der Waals surface area (Å²) < 4.78 is 27.3. The lowest BCUT2D eigenvalue weighted by Crippen LogP contribution is -2.46. The number of halogens is 1. The minimum Gasteiger partial charge on any atom is -0.312 e. The number of para-hydroxylation sites is 1. The maximum absolute atomic E-state index is 13.1. The first-order chi connectivity index (χ1) is 12.9. The summed E-state index contributed by atoms with van der Waals surface area (Å²) in [4.78, 5) is 15.1. The van der Waals surface area contributed by atoms with Gasteiger partial charge in [0.05, 0.1) is 10.4 Å². The van der Waals surface area contributed by atoms with Crippen molar-refractivity contribution in [2.24, 2.45) is 5.41 Å². The molecule has 0 aromatic heterocycles. The Labute approximate surface area is 164 Å². The van der Waals surface area contributed by atoms with Crippen molar-refractivity contribution >= 4 is 33.2 Å². The van der Waals surface area contributed by atoms with Crippen LogP contribution in [-0.4, -0.2) is 38.3 Å². The molecule has 2 aromatic rings. The number of anilines is 1. The third-order valence-electron chi connectivity index (χ3n) is 5.71. The molecule has 0 radical (unpaired) electrons. The van der Waals surface area contributed by atoms with Gasteiger partial charge in [-0.3, -0.25) is 4.79 Å². The fourth-order valence-electron chi connectivity index (χ4n) is 4.09. The molecule has 0 atom stereocenters. The van der Waals surface area contributed by atoms with Crippen molar-refractivity contribution in [1.29, 1.82) is 0 Å². The van der Waals surface area contributed by atoms with Gasteiger partial charge in [0.25, 0.3) is 0 Å². The molecule has 2 aliphatic heterocycles. The third kappa shape index (κ3) is 3.16. The molecule has 2 saturated heterocycles. The Kier molecular flexibility index (Phi) is 4.74. The van der Waals surface area contributed by atoms with Crippen LogP contribution in [0, 0.1) is 5.41 Å². The first-order valence-corrected chi connectivity index (χ1v) is 10.9. The van der Waals surface area contributed by atoms with E-state index in [-0.39, 0.29) is 15.8 Å². The van der Waals surface area contributed by atoms with E-state index in [1.807, 2.05) is 35.2 Å². The van der Waals surface area contributed by atoms with Gasteiger partial charge in [-0.15, -0.1) is 0 Å². The predicted molar refractivity (Wildman–Crippen MR) is 105 cm³/mol. The fourth-order valence-corrected chi connectivity index (χ4v) is 6.02. The Morgan fingerprint density at radius 1 is 0.852 bits per heavy atom. The summed E-state index contributed by atoms with van der Waals surface area (Å²) in [5, 5.41) is 0.227. The molecule has 7 heteroatoms. The highest BCUT2D eigenvalue weighted by molar-refractivity contribution is 7.89. The largest absolute Gasteiger partial charge is 0.312 e. The van der Waals surface area contributed by atoms with Crippen LogP contribution in [0.25, 0.3) is 0 Å². The molecule has 27 heavy (non-hydrogen) atoms. The topological polar surface area (TPSA) is 57.7 Å². The lowest BCUT2D eigenvalue weighted by molar-refractivity contribution is -0.127. The van der Waals surface area contributed by atoms with Gasteiger partial charge in [-0.2, -0.15) is 4.31 Å². The van der Waals surface area contributed by atoms with Crippen LogP contribution in [0.2, 0.25) is 5.02 Å². The van der Waals surface area contributed by atoms with Crippen molar-refractivity contribution in [3.05, 3.63) is 59.6 Å². The molecule has 5 nitrogen and oxygen atoms in total. The van der Waals surface area contributed by atoms with Gasteiger partial charge in [0, 0.05) is 25.3 Å². The maximum Gasteiger partial charge on any atom is 0.244 e. The van der Waals surface area contributed by atoms with E-state index in [9.17, 15) is 13.2 Å². The molecule has 0 unspecified atom stereocenters. The summed E-state index contributed by atoms with van der Waals surface area (Å²) in [6, 6.07) is 16.1. The number of carbonyl (C=O) groups excluding carboxylic acids is 1. The van der Waals surface area contributed by atoms with Gasteiger partial charge in [-0.05, 0) is 43.5 Å². The van der Waals surface area contributed by atoms with Crippen molar-refractivity contribution in [3.63, 3.8) is 0 Å². The van der Waals surface area contributed by atoms with E-state index >= 15 is 0 Å². The van der Waals surface area contributed by atoms with E-state index in [1.165, 1.54) is 10.4 Å². The van der Waals surface area contributed by atoms with E-state index in [0.717, 1.165) is 12.1 Å². The fraction of sp³-hybridized carbons (Fsp3) is 0.350. The second-order valence-corrected chi connectivity index (χ2v) is 9.47. The molecule has 0 N–H and O–H groups in total. The number of hydrogen-bond acceptors (Lipinski definition) is 3. The Hall–Kier alpha value is -1.89. The molecule has 4 rings (SSSR count). The van der Waals surface area contributed by atoms with Crippen molar-refractivity contribution in [3.8, 4) is 0 Å². The van der Waals surface area contributed by atoms with Crippen LogP contribution in [0.4, 0.5) is 5.69 Å². The van der Waals surface area contributed by atoms with Gasteiger partial charge in [0.1, 0.15) is 4.90 Å². The minimum absolute atomic E-state index is 0.114. The Morgan fingerprint density at radius 2 is 1.44 bits per heavy atom. The molecule has 0 saturated carbocycles. The smallest absolute Gasteiger partial charge is 0.244 e. The van der Waals surface area contributed by atoms with Gasteiger partial charge in [0.2, 0.25) is 15.9 Å². The predicted octanol–water partition coefficient (Wildman–Crippen LogP) is 3.55. The lowest BCUT2D eigenvalue weighted by atomic mass is 9.77. The molecule has 2 fully saturated rings. The summed E-state index contributed by atoms with van der Waals surface area (Å²) >= 11 is 6.09. The molecule has 2 aromatic carbocycles. The number of amides is 1. The van der Waals surface area contributed by atoms with Crippen molar-refractivity contribution < 1.29 is 13.2 Å². The lowest BCUT2D eigenvalue weighted by Gasteiger charge is -2.37. The van der Waals surface area contributed by atoms with Crippen molar-refractivity contribution in [2.75, 3.05) is 24.5 Å². The highest BCUT2D eigenvalue weighted by Crippen LogP contribution is 2.44. The summed E-state index contributed by atoms with van der Waals surface area (Å²) in [6.45, 7) is 1.35. The number of piperidine rings is 1. The van der Waals surface area contributed by atoms with Crippen LogP contribution >= 0.6 is 11.6 Å². The van der Waals surface area contributed by atoms with E-state index in [1.54, 1.807) is 18.2 Å². The number of carbonyl (C=O) groups is 1. The van der Waals surface area contributed by atoms with Crippen LogP contribution in [-0.2, 0) is 14.8 Å². The van der Waals surface area contributed by atoms with Crippen LogP contribution in [0.15, 0.2) is 59.5 Å². The average Bonchev–Trinajstić information content (AvgIpc) is 2.99. The number of nitrogens with zero attached hydrogens (tertiary/aromatic N) is 2. The highest BCUT2D eigenvalue weighted by atomic mass is 35.5. The summed E-state index contributed by atoms with van der Waals surface area (Å²) in [6.07, 6.45) is 1.85. The zero-order valence-corrected chi connectivity index (χ0v) is 16.4. The summed E-state index contributed by atoms with van der Waals surface area (Å²) in [5.74, 6) is 0.114. The molecule has 0 aliphatic carbocycles. The van der Waals surface area contributed by atoms with Gasteiger partial charge in [-0.25, -0.2) is 8.42 Å². The molecule has 1 spiro atoms. The second kappa shape index (κ2) is 6.93. The molecule has 0 bridgehead atoms. The Bertz CT molecular complexity index is 954. The van der Waals surface area contributed by atoms with Crippen LogP contribution in [0.3, 0.4) is 0 Å². The van der Waals surface area contributed by atoms with Gasteiger partial charge in [-0.1, -0.05) is 41.9 Å². The number of sulfonamides is 1. The quantitative estimate of drug-likeness (QED) is 0.786. The van der Waals surface area contributed by atoms with Crippen LogP contribution < -0.4 is 4.90 Å². The third-order valence-corrected chi connectivity index (χ3v) is 8.11. The molecular formula is C20H21ClN2O3S. The number of rotatable bonds is 3. The van der Waals surface area contributed by atoms with Crippen molar-refractivity contribution in [2.45, 2.75) is 24.2 Å². The van der Waals surface area contributed by atoms with Gasteiger partial charge in [0.15, 0.2) is 0 Å². The van der Waals surface area contributed by atoms with Crippen LogP contribution in [0.5, 0.6) is 0 Å². The summed E-state index contributed by atoms with van der Waals surface area (Å²) in [7, 11) is -3.65. The first-order valence-electron chi connectivity index (χ1n) is 9.06. The number of hydrogen-bond donors (Lipinski definition) is 0. The minimum atomic E-state index is -3.65. The van der Waals surface area contributed by atoms with E-state index in [0.29, 0.717) is 32.5 Å².